The molecule has 1 heterocycles. The highest BCUT2D eigenvalue weighted by atomic mass is 16.7. The fourth-order valence-corrected chi connectivity index (χ4v) is 2.62. The predicted molar refractivity (Wildman–Crippen MR) is 91.1 cm³/mol. The summed E-state index contributed by atoms with van der Waals surface area (Å²) in [5, 5.41) is 2.86. The van der Waals surface area contributed by atoms with Crippen molar-refractivity contribution in [3.63, 3.8) is 0 Å². The van der Waals surface area contributed by atoms with Crippen LogP contribution in [0.15, 0.2) is 36.4 Å². The van der Waals surface area contributed by atoms with Crippen LogP contribution in [0.5, 0.6) is 17.2 Å². The van der Waals surface area contributed by atoms with E-state index in [1.807, 2.05) is 18.2 Å². The SMILES string of the molecule is COc1ccc(C(C)=O)cc1CC(=O)NCc1ccc2c(c1)OCO2. The molecule has 0 spiro atoms. The Bertz CT molecular complexity index is 815. The first-order chi connectivity index (χ1) is 12.1. The second-order valence-electron chi connectivity index (χ2n) is 5.72. The molecule has 2 aromatic rings. The van der Waals surface area contributed by atoms with Crippen LogP contribution in [0.4, 0.5) is 0 Å². The highest BCUT2D eigenvalue weighted by Gasteiger charge is 2.14. The molecule has 1 amide bonds. The molecule has 25 heavy (non-hydrogen) atoms. The number of ether oxygens (including phenoxy) is 3. The van der Waals surface area contributed by atoms with Gasteiger partial charge in [-0.2, -0.15) is 0 Å². The van der Waals surface area contributed by atoms with Gasteiger partial charge in [-0.25, -0.2) is 0 Å². The molecule has 0 aromatic heterocycles. The van der Waals surface area contributed by atoms with E-state index in [2.05, 4.69) is 5.32 Å². The molecule has 1 aliphatic heterocycles. The lowest BCUT2D eigenvalue weighted by atomic mass is 10.0. The molecule has 0 bridgehead atoms. The summed E-state index contributed by atoms with van der Waals surface area (Å²) >= 11 is 0. The van der Waals surface area contributed by atoms with Gasteiger partial charge in [0.05, 0.1) is 13.5 Å². The summed E-state index contributed by atoms with van der Waals surface area (Å²) < 4.78 is 15.9. The average Bonchev–Trinajstić information content (AvgIpc) is 3.07. The Morgan fingerprint density at radius 1 is 1.12 bits per heavy atom. The van der Waals surface area contributed by atoms with Crippen molar-refractivity contribution in [1.82, 2.24) is 5.32 Å². The van der Waals surface area contributed by atoms with E-state index in [4.69, 9.17) is 14.2 Å². The van der Waals surface area contributed by atoms with Crippen LogP contribution in [0.2, 0.25) is 0 Å². The standard InChI is InChI=1S/C19H19NO5/c1-12(21)14-4-6-16(23-2)15(8-14)9-19(22)20-10-13-3-5-17-18(7-13)25-11-24-17/h3-8H,9-11H2,1-2H3,(H,20,22). The van der Waals surface area contributed by atoms with Crippen LogP contribution >= 0.6 is 0 Å². The molecule has 3 rings (SSSR count). The highest BCUT2D eigenvalue weighted by molar-refractivity contribution is 5.94. The van der Waals surface area contributed by atoms with Crippen LogP contribution in [0.25, 0.3) is 0 Å². The van der Waals surface area contributed by atoms with Gasteiger partial charge in [-0.05, 0) is 42.8 Å². The molecule has 0 fully saturated rings. The Labute approximate surface area is 145 Å². The molecular formula is C19H19NO5. The van der Waals surface area contributed by atoms with Crippen molar-refractivity contribution in [3.8, 4) is 17.2 Å². The number of rotatable bonds is 6. The fourth-order valence-electron chi connectivity index (χ4n) is 2.62. The number of amides is 1. The van der Waals surface area contributed by atoms with Crippen LogP contribution < -0.4 is 19.5 Å². The number of ketones is 1. The van der Waals surface area contributed by atoms with Gasteiger partial charge in [-0.3, -0.25) is 9.59 Å². The quantitative estimate of drug-likeness (QED) is 0.817. The molecule has 0 saturated carbocycles. The first-order valence-corrected chi connectivity index (χ1v) is 7.90. The molecule has 0 saturated heterocycles. The van der Waals surface area contributed by atoms with Gasteiger partial charge < -0.3 is 19.5 Å². The Hall–Kier alpha value is -3.02. The predicted octanol–water partition coefficient (Wildman–Crippen LogP) is 2.49. The molecular weight excluding hydrogens is 322 g/mol. The van der Waals surface area contributed by atoms with Gasteiger partial charge in [0, 0.05) is 17.7 Å². The van der Waals surface area contributed by atoms with Crippen LogP contribution in [0.3, 0.4) is 0 Å². The van der Waals surface area contributed by atoms with E-state index in [-0.39, 0.29) is 24.9 Å². The fraction of sp³-hybridized carbons (Fsp3) is 0.263. The number of nitrogens with one attached hydrogen (secondary N) is 1. The molecule has 0 unspecified atom stereocenters. The smallest absolute Gasteiger partial charge is 0.231 e. The van der Waals surface area contributed by atoms with Gasteiger partial charge >= 0.3 is 0 Å². The minimum absolute atomic E-state index is 0.0512. The number of fused-ring (bicyclic) bond motifs is 1. The molecule has 0 atom stereocenters. The molecule has 1 N–H and O–H groups in total. The van der Waals surface area contributed by atoms with Crippen molar-refractivity contribution in [1.29, 1.82) is 0 Å². The first-order valence-electron chi connectivity index (χ1n) is 7.90. The van der Waals surface area contributed by atoms with E-state index in [1.165, 1.54) is 14.0 Å². The topological polar surface area (TPSA) is 73.9 Å². The van der Waals surface area contributed by atoms with E-state index in [9.17, 15) is 9.59 Å². The maximum atomic E-state index is 12.3. The van der Waals surface area contributed by atoms with Gasteiger partial charge in [-0.15, -0.1) is 0 Å². The molecule has 0 radical (unpaired) electrons. The van der Waals surface area contributed by atoms with Gasteiger partial charge in [-0.1, -0.05) is 6.07 Å². The van der Waals surface area contributed by atoms with Crippen molar-refractivity contribution in [2.75, 3.05) is 13.9 Å². The molecule has 6 nitrogen and oxygen atoms in total. The highest BCUT2D eigenvalue weighted by Crippen LogP contribution is 2.32. The summed E-state index contributed by atoms with van der Waals surface area (Å²) in [6, 6.07) is 10.6. The van der Waals surface area contributed by atoms with E-state index in [0.29, 0.717) is 34.9 Å². The van der Waals surface area contributed by atoms with E-state index in [1.54, 1.807) is 18.2 Å². The Balaban J connectivity index is 1.64. The normalized spacial score (nSPS) is 11.9. The summed E-state index contributed by atoms with van der Waals surface area (Å²) in [7, 11) is 1.54. The molecule has 130 valence electrons. The monoisotopic (exact) mass is 341 g/mol. The zero-order chi connectivity index (χ0) is 17.8. The average molecular weight is 341 g/mol. The van der Waals surface area contributed by atoms with Crippen molar-refractivity contribution in [2.45, 2.75) is 19.9 Å². The summed E-state index contributed by atoms with van der Waals surface area (Å²) in [5.41, 5.74) is 2.15. The van der Waals surface area contributed by atoms with Crippen LogP contribution in [-0.2, 0) is 17.8 Å². The number of methoxy groups -OCH3 is 1. The van der Waals surface area contributed by atoms with E-state index in [0.717, 1.165) is 5.56 Å². The lowest BCUT2D eigenvalue weighted by molar-refractivity contribution is -0.120. The van der Waals surface area contributed by atoms with Crippen molar-refractivity contribution >= 4 is 11.7 Å². The zero-order valence-corrected chi connectivity index (χ0v) is 14.1. The second-order valence-corrected chi connectivity index (χ2v) is 5.72. The minimum atomic E-state index is -0.156. The zero-order valence-electron chi connectivity index (χ0n) is 14.1. The summed E-state index contributed by atoms with van der Waals surface area (Å²) in [4.78, 5) is 23.8. The van der Waals surface area contributed by atoms with Crippen LogP contribution in [-0.4, -0.2) is 25.6 Å². The Morgan fingerprint density at radius 2 is 1.92 bits per heavy atom. The molecule has 0 aliphatic carbocycles. The van der Waals surface area contributed by atoms with Crippen LogP contribution in [0.1, 0.15) is 28.4 Å². The summed E-state index contributed by atoms with van der Waals surface area (Å²) in [6.07, 6.45) is 0.134. The number of hydrogen-bond acceptors (Lipinski definition) is 5. The van der Waals surface area contributed by atoms with Crippen molar-refractivity contribution < 1.29 is 23.8 Å². The molecule has 2 aromatic carbocycles. The van der Waals surface area contributed by atoms with Gasteiger partial charge in [0.25, 0.3) is 0 Å². The lowest BCUT2D eigenvalue weighted by Gasteiger charge is -2.11. The van der Waals surface area contributed by atoms with Gasteiger partial charge in [0.15, 0.2) is 17.3 Å². The third-order valence-electron chi connectivity index (χ3n) is 3.96. The molecule has 1 aliphatic rings. The number of Topliss-reactive ketones (excluding diaryl/α,β-unsaturated/α-hetero) is 1. The number of carbonyl (C=O) groups is 2. The first kappa shape index (κ1) is 16.8. The van der Waals surface area contributed by atoms with Crippen molar-refractivity contribution in [2.24, 2.45) is 0 Å². The largest absolute Gasteiger partial charge is 0.496 e. The second kappa shape index (κ2) is 7.25. The third kappa shape index (κ3) is 3.91. The van der Waals surface area contributed by atoms with Gasteiger partial charge in [0.2, 0.25) is 12.7 Å². The Morgan fingerprint density at radius 3 is 2.68 bits per heavy atom. The third-order valence-corrected chi connectivity index (χ3v) is 3.96. The number of carbonyl (C=O) groups excluding carboxylic acids is 2. The molecule has 6 heteroatoms. The Kier molecular flexibility index (Phi) is 4.88. The number of hydrogen-bond donors (Lipinski definition) is 1. The lowest BCUT2D eigenvalue weighted by Crippen LogP contribution is -2.24. The van der Waals surface area contributed by atoms with Gasteiger partial charge in [0.1, 0.15) is 5.75 Å². The summed E-state index contributed by atoms with van der Waals surface area (Å²) in [5.74, 6) is 1.77. The van der Waals surface area contributed by atoms with E-state index >= 15 is 0 Å². The maximum absolute atomic E-state index is 12.3. The summed E-state index contributed by atoms with van der Waals surface area (Å²) in [6.45, 7) is 2.09. The number of benzene rings is 2. The van der Waals surface area contributed by atoms with Crippen LogP contribution in [0, 0.1) is 0 Å². The van der Waals surface area contributed by atoms with Crippen molar-refractivity contribution in [3.05, 3.63) is 53.1 Å². The maximum Gasteiger partial charge on any atom is 0.231 e. The van der Waals surface area contributed by atoms with E-state index < -0.39 is 0 Å². The minimum Gasteiger partial charge on any atom is -0.496 e.